The number of carbonyl (C=O) groups is 1. The largest absolute Gasteiger partial charge is 0.496 e. The van der Waals surface area contributed by atoms with Crippen LogP contribution in [-0.2, 0) is 23.0 Å². The molecule has 0 unspecified atom stereocenters. The predicted octanol–water partition coefficient (Wildman–Crippen LogP) is 2.89. The van der Waals surface area contributed by atoms with Crippen LogP contribution in [0.15, 0.2) is 36.7 Å². The van der Waals surface area contributed by atoms with Gasteiger partial charge in [-0.3, -0.25) is 4.79 Å². The Hall–Kier alpha value is -3.35. The smallest absolute Gasteiger partial charge is 0.260 e. The van der Waals surface area contributed by atoms with E-state index in [9.17, 15) is 18.3 Å². The quantitative estimate of drug-likeness (QED) is 0.430. The van der Waals surface area contributed by atoms with Crippen molar-refractivity contribution in [1.29, 1.82) is 0 Å². The molecule has 12 heteroatoms. The third kappa shape index (κ3) is 5.97. The van der Waals surface area contributed by atoms with Crippen LogP contribution >= 0.6 is 0 Å². The zero-order valence-electron chi connectivity index (χ0n) is 20.5. The van der Waals surface area contributed by atoms with E-state index in [2.05, 4.69) is 20.5 Å². The molecule has 0 spiro atoms. The number of anilines is 1. The molecule has 1 atom stereocenters. The minimum Gasteiger partial charge on any atom is -0.496 e. The van der Waals surface area contributed by atoms with Gasteiger partial charge in [-0.1, -0.05) is 20.4 Å². The number of pyridine rings is 1. The Morgan fingerprint density at radius 1 is 1.27 bits per heavy atom. The van der Waals surface area contributed by atoms with Crippen LogP contribution < -0.4 is 10.1 Å². The molecule has 3 heterocycles. The highest BCUT2D eigenvalue weighted by Gasteiger charge is 2.28. The highest BCUT2D eigenvalue weighted by atomic mass is 32.2. The maximum atomic E-state index is 13.3. The summed E-state index contributed by atoms with van der Waals surface area (Å²) < 4.78 is 33.8. The monoisotopic (exact) mass is 530 g/mol. The topological polar surface area (TPSA) is 140 Å². The van der Waals surface area contributed by atoms with Gasteiger partial charge in [0.05, 0.1) is 31.1 Å². The fourth-order valence-corrected chi connectivity index (χ4v) is 5.66. The van der Waals surface area contributed by atoms with Crippen molar-refractivity contribution in [2.75, 3.05) is 31.3 Å². The van der Waals surface area contributed by atoms with E-state index in [4.69, 9.17) is 4.74 Å². The van der Waals surface area contributed by atoms with Crippen LogP contribution in [0.4, 0.5) is 5.82 Å². The third-order valence-corrected chi connectivity index (χ3v) is 8.15. The number of ether oxygens (including phenoxy) is 1. The van der Waals surface area contributed by atoms with Crippen LogP contribution in [0.25, 0.3) is 11.5 Å². The van der Waals surface area contributed by atoms with E-state index in [1.807, 2.05) is 13.8 Å². The number of aromatic nitrogens is 4. The number of benzene rings is 1. The highest BCUT2D eigenvalue weighted by Crippen LogP contribution is 2.30. The number of rotatable bonds is 9. The summed E-state index contributed by atoms with van der Waals surface area (Å²) in [5.74, 6) is 0.837. The summed E-state index contributed by atoms with van der Waals surface area (Å²) in [6, 6.07) is 8.39. The van der Waals surface area contributed by atoms with Crippen molar-refractivity contribution >= 4 is 21.7 Å². The van der Waals surface area contributed by atoms with Gasteiger partial charge in [0.15, 0.2) is 5.82 Å². The van der Waals surface area contributed by atoms with Gasteiger partial charge in [-0.25, -0.2) is 13.4 Å². The molecule has 0 radical (unpaired) electrons. The Morgan fingerprint density at radius 2 is 2.05 bits per heavy atom. The van der Waals surface area contributed by atoms with Crippen LogP contribution in [0.1, 0.15) is 55.2 Å². The van der Waals surface area contributed by atoms with Crippen molar-refractivity contribution in [2.24, 2.45) is 0 Å². The number of carbonyl (C=O) groups excluding carboxylic acids is 1. The van der Waals surface area contributed by atoms with Gasteiger partial charge in [-0.15, -0.1) is 10.2 Å². The minimum absolute atomic E-state index is 0. The summed E-state index contributed by atoms with van der Waals surface area (Å²) in [6.07, 6.45) is 2.61. The molecule has 1 aromatic carbocycles. The van der Waals surface area contributed by atoms with Crippen LogP contribution in [0.3, 0.4) is 0 Å². The number of nitrogens with zero attached hydrogens (tertiary/aromatic N) is 5. The molecule has 11 nitrogen and oxygen atoms in total. The fourth-order valence-electron chi connectivity index (χ4n) is 4.18. The maximum Gasteiger partial charge on any atom is 0.260 e. The Labute approximate surface area is 217 Å². The van der Waals surface area contributed by atoms with Gasteiger partial charge >= 0.3 is 0 Å². The van der Waals surface area contributed by atoms with E-state index in [1.165, 1.54) is 17.7 Å². The number of hydrogen-bond acceptors (Lipinski definition) is 8. The Balaban J connectivity index is 0.00000380. The second-order valence-corrected chi connectivity index (χ2v) is 10.8. The summed E-state index contributed by atoms with van der Waals surface area (Å²) in [4.78, 5) is 17.8. The molecular formula is C25H34N6O5S. The van der Waals surface area contributed by atoms with E-state index in [0.717, 1.165) is 11.1 Å². The van der Waals surface area contributed by atoms with Gasteiger partial charge in [0.25, 0.3) is 5.91 Å². The summed E-state index contributed by atoms with van der Waals surface area (Å²) in [5.41, 5.74) is 2.51. The van der Waals surface area contributed by atoms with Crippen molar-refractivity contribution in [3.05, 3.63) is 53.3 Å². The number of hydrogen-bond donors (Lipinski definition) is 2. The van der Waals surface area contributed by atoms with E-state index in [0.29, 0.717) is 42.5 Å². The second kappa shape index (κ2) is 11.8. The first kappa shape index (κ1) is 28.2. The zero-order valence-corrected chi connectivity index (χ0v) is 21.3. The molecule has 0 fully saturated rings. The number of nitrogens with one attached hydrogen (secondary N) is 1. The molecule has 37 heavy (non-hydrogen) atoms. The van der Waals surface area contributed by atoms with Crippen molar-refractivity contribution in [3.63, 3.8) is 0 Å². The second-order valence-electron chi connectivity index (χ2n) is 8.68. The van der Waals surface area contributed by atoms with Gasteiger partial charge in [0, 0.05) is 13.1 Å². The van der Waals surface area contributed by atoms with E-state index in [-0.39, 0.29) is 37.9 Å². The van der Waals surface area contributed by atoms with Gasteiger partial charge in [0.2, 0.25) is 10.0 Å². The zero-order chi connectivity index (χ0) is 25.9. The van der Waals surface area contributed by atoms with Crippen molar-refractivity contribution in [3.8, 4) is 17.3 Å². The molecule has 0 bridgehead atoms. The first-order valence-corrected chi connectivity index (χ1v) is 13.3. The lowest BCUT2D eigenvalue weighted by molar-refractivity contribution is 0.102. The van der Waals surface area contributed by atoms with Gasteiger partial charge in [0.1, 0.15) is 23.6 Å². The normalized spacial score (nSPS) is 14.4. The minimum atomic E-state index is -3.35. The number of aliphatic hydroxyl groups is 1. The van der Waals surface area contributed by atoms with Gasteiger partial charge < -0.3 is 19.7 Å². The van der Waals surface area contributed by atoms with Crippen LogP contribution in [0, 0.1) is 0 Å². The van der Waals surface area contributed by atoms with Crippen molar-refractivity contribution in [1.82, 2.24) is 24.1 Å². The molecule has 1 aliphatic heterocycles. The summed E-state index contributed by atoms with van der Waals surface area (Å²) in [5, 5.41) is 20.3. The molecule has 2 aromatic heterocycles. The number of aliphatic hydroxyl groups excluding tert-OH is 1. The van der Waals surface area contributed by atoms with Crippen LogP contribution in [-0.4, -0.2) is 69.5 Å². The van der Waals surface area contributed by atoms with E-state index >= 15 is 0 Å². The molecule has 2 N–H and O–H groups in total. The Kier molecular flexibility index (Phi) is 9.00. The number of amides is 1. The van der Waals surface area contributed by atoms with Crippen LogP contribution in [0.2, 0.25) is 0 Å². The Morgan fingerprint density at radius 3 is 2.76 bits per heavy atom. The summed E-state index contributed by atoms with van der Waals surface area (Å²) in [7, 11) is -1.86. The fraction of sp³-hybridized carbons (Fsp3) is 0.440. The lowest BCUT2D eigenvalue weighted by Gasteiger charge is -2.29. The molecular weight excluding hydrogens is 496 g/mol. The SMILES string of the molecule is C.CCCS(=O)(=O)N1CCc2cc(OC)c(C(=O)Nc3cccc(-c4nncn4[C@H](C)CO)n3)cc2C1. The predicted molar refractivity (Wildman–Crippen MR) is 141 cm³/mol. The first-order chi connectivity index (χ1) is 17.3. The average Bonchev–Trinajstić information content (AvgIpc) is 3.37. The molecule has 1 aliphatic rings. The lowest BCUT2D eigenvalue weighted by atomic mass is 9.97. The van der Waals surface area contributed by atoms with Crippen molar-refractivity contribution in [2.45, 2.75) is 46.7 Å². The number of fused-ring (bicyclic) bond motifs is 1. The van der Waals surface area contributed by atoms with E-state index in [1.54, 1.807) is 34.9 Å². The third-order valence-electron chi connectivity index (χ3n) is 6.13. The lowest BCUT2D eigenvalue weighted by Crippen LogP contribution is -2.37. The van der Waals surface area contributed by atoms with E-state index < -0.39 is 15.9 Å². The van der Waals surface area contributed by atoms with Crippen LogP contribution in [0.5, 0.6) is 5.75 Å². The molecule has 1 amide bonds. The molecule has 4 rings (SSSR count). The summed E-state index contributed by atoms with van der Waals surface area (Å²) >= 11 is 0. The van der Waals surface area contributed by atoms with Gasteiger partial charge in [-0.2, -0.15) is 4.31 Å². The molecule has 0 saturated heterocycles. The van der Waals surface area contributed by atoms with Gasteiger partial charge in [-0.05, 0) is 55.2 Å². The number of methoxy groups -OCH3 is 1. The Bertz CT molecular complexity index is 1360. The first-order valence-electron chi connectivity index (χ1n) is 11.7. The maximum absolute atomic E-state index is 13.3. The highest BCUT2D eigenvalue weighted by molar-refractivity contribution is 7.89. The molecule has 200 valence electrons. The van der Waals surface area contributed by atoms with Crippen molar-refractivity contribution < 1.29 is 23.1 Å². The summed E-state index contributed by atoms with van der Waals surface area (Å²) in [6.45, 7) is 4.20. The molecule has 0 saturated carbocycles. The number of sulfonamides is 1. The standard InChI is InChI=1S/C24H30N6O5S.CH4/c1-4-10-36(33,34)29-9-8-17-12-21(35-3)19(11-18(17)13-29)24(32)27-22-7-5-6-20(26-22)23-28-25-15-30(23)16(2)14-31;/h5-7,11-12,15-16,31H,4,8-10,13-14H2,1-3H3,(H,26,27,32);1H4/t16-;/m1./s1. The molecule has 0 aliphatic carbocycles. The average molecular weight is 531 g/mol. The molecule has 3 aromatic rings.